The number of hydrogen-bond donors (Lipinski definition) is 0. The maximum absolute atomic E-state index is 11.6. The van der Waals surface area contributed by atoms with Crippen LogP contribution in [0.2, 0.25) is 0 Å². The number of ether oxygens (including phenoxy) is 1. The zero-order valence-corrected chi connectivity index (χ0v) is 14.0. The van der Waals surface area contributed by atoms with Crippen molar-refractivity contribution in [2.75, 3.05) is 33.0 Å². The molecule has 0 bridgehead atoms. The number of likely N-dealkylation sites (N-methyl/N-ethyl adjacent to an activating group) is 1. The molecule has 1 atom stereocenters. The van der Waals surface area contributed by atoms with Crippen molar-refractivity contribution in [1.82, 2.24) is 9.21 Å². The standard InChI is InChI=1S/C15H24N2O4S/c1-16(11-14-4-3-9-20-14)13-10-15(21-12-13)5-7-17(8-6-15)22(2,18)19/h3-4,9,13H,5-8,10-12H2,1-2H3/t13-/m1/s1. The van der Waals surface area contributed by atoms with Crippen LogP contribution in [-0.4, -0.2) is 62.3 Å². The highest BCUT2D eigenvalue weighted by Crippen LogP contribution is 2.38. The van der Waals surface area contributed by atoms with Gasteiger partial charge in [-0.1, -0.05) is 0 Å². The molecule has 0 unspecified atom stereocenters. The Balaban J connectivity index is 1.56. The van der Waals surface area contributed by atoms with Crippen molar-refractivity contribution >= 4 is 10.0 Å². The van der Waals surface area contributed by atoms with Crippen molar-refractivity contribution in [3.63, 3.8) is 0 Å². The molecule has 0 radical (unpaired) electrons. The zero-order chi connectivity index (χ0) is 15.8. The molecule has 1 aromatic heterocycles. The lowest BCUT2D eigenvalue weighted by Gasteiger charge is -2.37. The fourth-order valence-electron chi connectivity index (χ4n) is 3.45. The van der Waals surface area contributed by atoms with E-state index in [-0.39, 0.29) is 5.60 Å². The molecule has 7 heteroatoms. The maximum Gasteiger partial charge on any atom is 0.211 e. The number of sulfonamides is 1. The Morgan fingerprint density at radius 2 is 2.14 bits per heavy atom. The van der Waals surface area contributed by atoms with Crippen LogP contribution < -0.4 is 0 Å². The fourth-order valence-corrected chi connectivity index (χ4v) is 4.30. The summed E-state index contributed by atoms with van der Waals surface area (Å²) >= 11 is 0. The second-order valence-corrected chi connectivity index (χ2v) is 8.49. The summed E-state index contributed by atoms with van der Waals surface area (Å²) in [6.07, 6.45) is 5.50. The fraction of sp³-hybridized carbons (Fsp3) is 0.733. The van der Waals surface area contributed by atoms with Crippen LogP contribution in [0.4, 0.5) is 0 Å². The van der Waals surface area contributed by atoms with Crippen LogP contribution in [-0.2, 0) is 21.3 Å². The van der Waals surface area contributed by atoms with Crippen molar-refractivity contribution in [3.05, 3.63) is 24.2 Å². The Hall–Kier alpha value is -0.890. The minimum atomic E-state index is -3.08. The van der Waals surface area contributed by atoms with Crippen LogP contribution in [0.5, 0.6) is 0 Å². The normalized spacial score (nSPS) is 26.0. The minimum Gasteiger partial charge on any atom is -0.468 e. The van der Waals surface area contributed by atoms with Gasteiger partial charge in [0, 0.05) is 19.1 Å². The summed E-state index contributed by atoms with van der Waals surface area (Å²) in [5, 5.41) is 0. The molecule has 0 aliphatic carbocycles. The molecule has 3 heterocycles. The first kappa shape index (κ1) is 16.0. The highest BCUT2D eigenvalue weighted by atomic mass is 32.2. The average Bonchev–Trinajstić information content (AvgIpc) is 3.09. The van der Waals surface area contributed by atoms with Gasteiger partial charge in [-0.05, 0) is 38.4 Å². The molecular formula is C15H24N2O4S. The highest BCUT2D eigenvalue weighted by molar-refractivity contribution is 7.88. The lowest BCUT2D eigenvalue weighted by atomic mass is 9.88. The van der Waals surface area contributed by atoms with Gasteiger partial charge in [-0.25, -0.2) is 12.7 Å². The molecule has 3 rings (SSSR count). The molecule has 6 nitrogen and oxygen atoms in total. The van der Waals surface area contributed by atoms with Crippen molar-refractivity contribution in [2.45, 2.75) is 37.5 Å². The molecule has 1 aromatic rings. The number of nitrogens with zero attached hydrogens (tertiary/aromatic N) is 2. The van der Waals surface area contributed by atoms with E-state index in [1.807, 2.05) is 12.1 Å². The predicted molar refractivity (Wildman–Crippen MR) is 82.9 cm³/mol. The molecule has 0 saturated carbocycles. The van der Waals surface area contributed by atoms with Crippen LogP contribution in [0, 0.1) is 0 Å². The van der Waals surface area contributed by atoms with E-state index in [1.54, 1.807) is 10.6 Å². The molecule has 2 aliphatic heterocycles. The molecule has 2 fully saturated rings. The van der Waals surface area contributed by atoms with Gasteiger partial charge in [0.05, 0.1) is 31.3 Å². The number of hydrogen-bond acceptors (Lipinski definition) is 5. The smallest absolute Gasteiger partial charge is 0.211 e. The Morgan fingerprint density at radius 3 is 2.73 bits per heavy atom. The molecule has 0 amide bonds. The van der Waals surface area contributed by atoms with Crippen molar-refractivity contribution in [3.8, 4) is 0 Å². The molecule has 124 valence electrons. The summed E-state index contributed by atoms with van der Waals surface area (Å²) in [5.41, 5.74) is -0.150. The van der Waals surface area contributed by atoms with E-state index < -0.39 is 10.0 Å². The van der Waals surface area contributed by atoms with Gasteiger partial charge in [-0.15, -0.1) is 0 Å². The van der Waals surface area contributed by atoms with E-state index in [0.717, 1.165) is 31.6 Å². The Labute approximate surface area is 132 Å². The Bertz CT molecular complexity index is 591. The Kier molecular flexibility index (Phi) is 4.33. The Morgan fingerprint density at radius 1 is 1.41 bits per heavy atom. The van der Waals surface area contributed by atoms with Crippen LogP contribution in [0.25, 0.3) is 0 Å². The maximum atomic E-state index is 11.6. The summed E-state index contributed by atoms with van der Waals surface area (Å²) in [6.45, 7) is 2.60. The molecular weight excluding hydrogens is 304 g/mol. The van der Waals surface area contributed by atoms with Crippen molar-refractivity contribution in [2.24, 2.45) is 0 Å². The molecule has 2 saturated heterocycles. The van der Waals surface area contributed by atoms with E-state index in [4.69, 9.17) is 9.15 Å². The predicted octanol–water partition coefficient (Wildman–Crippen LogP) is 1.29. The topological polar surface area (TPSA) is 63.0 Å². The van der Waals surface area contributed by atoms with Crippen molar-refractivity contribution in [1.29, 1.82) is 0 Å². The summed E-state index contributed by atoms with van der Waals surface area (Å²) < 4.78 is 36.3. The number of rotatable bonds is 4. The second-order valence-electron chi connectivity index (χ2n) is 6.51. The van der Waals surface area contributed by atoms with E-state index in [9.17, 15) is 8.42 Å². The molecule has 2 aliphatic rings. The summed E-state index contributed by atoms with van der Waals surface area (Å²) in [4.78, 5) is 2.26. The average molecular weight is 328 g/mol. The molecule has 0 aromatic carbocycles. The molecule has 0 N–H and O–H groups in total. The first-order valence-corrected chi connectivity index (χ1v) is 9.55. The first-order chi connectivity index (χ1) is 10.4. The van der Waals surface area contributed by atoms with E-state index >= 15 is 0 Å². The summed E-state index contributed by atoms with van der Waals surface area (Å²) in [7, 11) is -0.997. The van der Waals surface area contributed by atoms with Crippen LogP contribution in [0.3, 0.4) is 0 Å². The third kappa shape index (κ3) is 3.37. The van der Waals surface area contributed by atoms with Gasteiger partial charge in [0.25, 0.3) is 0 Å². The van der Waals surface area contributed by atoms with Crippen LogP contribution in [0.15, 0.2) is 22.8 Å². The molecule has 1 spiro atoms. The minimum absolute atomic E-state index is 0.150. The zero-order valence-electron chi connectivity index (χ0n) is 13.2. The summed E-state index contributed by atoms with van der Waals surface area (Å²) in [6, 6.07) is 4.23. The SMILES string of the molecule is CN(Cc1ccco1)[C@H]1COC2(CCN(S(C)(=O)=O)CC2)C1. The van der Waals surface area contributed by atoms with Gasteiger partial charge >= 0.3 is 0 Å². The van der Waals surface area contributed by atoms with Gasteiger partial charge < -0.3 is 9.15 Å². The van der Waals surface area contributed by atoms with Gasteiger partial charge in [0.1, 0.15) is 5.76 Å². The number of furan rings is 1. The van der Waals surface area contributed by atoms with Gasteiger partial charge in [0.2, 0.25) is 10.0 Å². The van der Waals surface area contributed by atoms with Crippen LogP contribution in [0.1, 0.15) is 25.0 Å². The monoisotopic (exact) mass is 328 g/mol. The quantitative estimate of drug-likeness (QED) is 0.833. The lowest BCUT2D eigenvalue weighted by Crippen LogP contribution is -2.46. The van der Waals surface area contributed by atoms with E-state index in [2.05, 4.69) is 11.9 Å². The molecule has 22 heavy (non-hydrogen) atoms. The largest absolute Gasteiger partial charge is 0.468 e. The number of piperidine rings is 1. The van der Waals surface area contributed by atoms with E-state index in [1.165, 1.54) is 6.26 Å². The van der Waals surface area contributed by atoms with Gasteiger partial charge in [0.15, 0.2) is 0 Å². The highest BCUT2D eigenvalue weighted by Gasteiger charge is 2.44. The van der Waals surface area contributed by atoms with E-state index in [0.29, 0.717) is 25.7 Å². The first-order valence-electron chi connectivity index (χ1n) is 7.70. The van der Waals surface area contributed by atoms with Crippen molar-refractivity contribution < 1.29 is 17.6 Å². The summed E-state index contributed by atoms with van der Waals surface area (Å²) in [5.74, 6) is 0.954. The second kappa shape index (κ2) is 5.96. The lowest BCUT2D eigenvalue weighted by molar-refractivity contribution is -0.0316. The van der Waals surface area contributed by atoms with Gasteiger partial charge in [-0.3, -0.25) is 4.90 Å². The third-order valence-corrected chi connectivity index (χ3v) is 6.20. The van der Waals surface area contributed by atoms with Gasteiger partial charge in [-0.2, -0.15) is 0 Å². The van der Waals surface area contributed by atoms with Crippen LogP contribution >= 0.6 is 0 Å². The third-order valence-electron chi connectivity index (χ3n) is 4.90.